The molecule has 1 heterocycles. The first kappa shape index (κ1) is 14.0. The van der Waals surface area contributed by atoms with Crippen molar-refractivity contribution in [1.29, 1.82) is 0 Å². The van der Waals surface area contributed by atoms with E-state index in [1.807, 2.05) is 0 Å². The maximum Gasteiger partial charge on any atom is 0.241 e. The molecule has 1 saturated carbocycles. The molecule has 1 aliphatic carbocycles. The Morgan fingerprint density at radius 2 is 2.28 bits per heavy atom. The highest BCUT2D eigenvalue weighted by molar-refractivity contribution is 7.89. The van der Waals surface area contributed by atoms with Crippen LogP contribution in [-0.4, -0.2) is 32.8 Å². The van der Waals surface area contributed by atoms with Gasteiger partial charge in [0.15, 0.2) is 0 Å². The normalized spacial score (nSPS) is 18.6. The predicted molar refractivity (Wildman–Crippen MR) is 69.0 cm³/mol. The Balaban J connectivity index is 2.03. The third kappa shape index (κ3) is 2.75. The van der Waals surface area contributed by atoms with Crippen LogP contribution in [0.1, 0.15) is 24.1 Å². The summed E-state index contributed by atoms with van der Waals surface area (Å²) in [5.74, 6) is 0. The molecule has 0 saturated heterocycles. The third-order valence-corrected chi connectivity index (χ3v) is 5.83. The number of hydrogen-bond acceptors (Lipinski definition) is 5. The molecule has 0 aliphatic heterocycles. The van der Waals surface area contributed by atoms with Gasteiger partial charge in [-0.05, 0) is 25.3 Å². The molecule has 2 rings (SSSR count). The second-order valence-corrected chi connectivity index (χ2v) is 7.23. The van der Waals surface area contributed by atoms with Gasteiger partial charge in [0.2, 0.25) is 10.0 Å². The molecule has 1 aliphatic rings. The first-order chi connectivity index (χ1) is 8.51. The number of aliphatic hydroxyl groups is 1. The van der Waals surface area contributed by atoms with Crippen LogP contribution in [0.5, 0.6) is 0 Å². The molecular formula is C11H17NO4S2. The fraction of sp³-hybridized carbons (Fsp3) is 0.636. The van der Waals surface area contributed by atoms with Gasteiger partial charge < -0.3 is 9.84 Å². The monoisotopic (exact) mass is 291 g/mol. The molecule has 1 aromatic heterocycles. The van der Waals surface area contributed by atoms with Gasteiger partial charge in [0.25, 0.3) is 0 Å². The van der Waals surface area contributed by atoms with E-state index >= 15 is 0 Å². The van der Waals surface area contributed by atoms with E-state index in [9.17, 15) is 8.42 Å². The van der Waals surface area contributed by atoms with Crippen molar-refractivity contribution < 1.29 is 18.3 Å². The average molecular weight is 291 g/mol. The lowest BCUT2D eigenvalue weighted by atomic mass is 9.80. The number of ether oxygens (including phenoxy) is 1. The topological polar surface area (TPSA) is 75.6 Å². The second-order valence-electron chi connectivity index (χ2n) is 4.47. The number of sulfonamides is 1. The van der Waals surface area contributed by atoms with Crippen LogP contribution in [0.25, 0.3) is 0 Å². The maximum atomic E-state index is 12.0. The summed E-state index contributed by atoms with van der Waals surface area (Å²) in [6.45, 7) is 0.165. The standard InChI is InChI=1S/C11H17NO4S2/c1-16-11(3-2-4-11)8-12-18(14,15)10-5-9(6-13)17-7-10/h5,7,12-13H,2-4,6,8H2,1H3. The van der Waals surface area contributed by atoms with E-state index in [2.05, 4.69) is 4.72 Å². The van der Waals surface area contributed by atoms with Gasteiger partial charge in [-0.15, -0.1) is 11.3 Å². The fourth-order valence-electron chi connectivity index (χ4n) is 1.92. The summed E-state index contributed by atoms with van der Waals surface area (Å²) >= 11 is 1.23. The van der Waals surface area contributed by atoms with E-state index in [1.165, 1.54) is 22.8 Å². The first-order valence-corrected chi connectivity index (χ1v) is 8.11. The van der Waals surface area contributed by atoms with Crippen molar-refractivity contribution >= 4 is 21.4 Å². The highest BCUT2D eigenvalue weighted by Gasteiger charge is 2.38. The molecule has 0 atom stereocenters. The third-order valence-electron chi connectivity index (χ3n) is 3.38. The molecule has 1 fully saturated rings. The summed E-state index contributed by atoms with van der Waals surface area (Å²) in [5.41, 5.74) is -0.330. The van der Waals surface area contributed by atoms with Crippen molar-refractivity contribution in [3.8, 4) is 0 Å². The van der Waals surface area contributed by atoms with Crippen LogP contribution >= 0.6 is 11.3 Å². The van der Waals surface area contributed by atoms with Gasteiger partial charge in [0.1, 0.15) is 0 Å². The van der Waals surface area contributed by atoms with Crippen LogP contribution in [-0.2, 0) is 21.4 Å². The van der Waals surface area contributed by atoms with E-state index in [-0.39, 0.29) is 17.1 Å². The van der Waals surface area contributed by atoms with E-state index in [1.54, 1.807) is 7.11 Å². The van der Waals surface area contributed by atoms with Gasteiger partial charge >= 0.3 is 0 Å². The predicted octanol–water partition coefficient (Wildman–Crippen LogP) is 1.09. The van der Waals surface area contributed by atoms with Crippen LogP contribution in [0.3, 0.4) is 0 Å². The van der Waals surface area contributed by atoms with E-state index < -0.39 is 10.0 Å². The van der Waals surface area contributed by atoms with Crippen LogP contribution in [0.4, 0.5) is 0 Å². The minimum atomic E-state index is -3.50. The summed E-state index contributed by atoms with van der Waals surface area (Å²) in [5, 5.41) is 10.5. The summed E-state index contributed by atoms with van der Waals surface area (Å²) in [6.07, 6.45) is 2.85. The van der Waals surface area contributed by atoms with Gasteiger partial charge in [-0.3, -0.25) is 0 Å². The molecule has 0 spiro atoms. The van der Waals surface area contributed by atoms with E-state index in [0.29, 0.717) is 11.4 Å². The van der Waals surface area contributed by atoms with Crippen LogP contribution in [0.15, 0.2) is 16.3 Å². The molecule has 0 amide bonds. The second kappa shape index (κ2) is 5.26. The Morgan fingerprint density at radius 3 is 2.72 bits per heavy atom. The smallest absolute Gasteiger partial charge is 0.241 e. The number of aliphatic hydroxyl groups excluding tert-OH is 1. The lowest BCUT2D eigenvalue weighted by Gasteiger charge is -2.40. The quantitative estimate of drug-likeness (QED) is 0.822. The lowest BCUT2D eigenvalue weighted by Crippen LogP contribution is -2.49. The zero-order valence-electron chi connectivity index (χ0n) is 10.2. The maximum absolute atomic E-state index is 12.0. The van der Waals surface area contributed by atoms with Crippen molar-refractivity contribution in [3.05, 3.63) is 16.3 Å². The molecule has 0 unspecified atom stereocenters. The van der Waals surface area contributed by atoms with Crippen LogP contribution in [0, 0.1) is 0 Å². The Morgan fingerprint density at radius 1 is 1.56 bits per heavy atom. The van der Waals surface area contributed by atoms with Gasteiger partial charge in [-0.1, -0.05) is 0 Å². The van der Waals surface area contributed by atoms with E-state index in [0.717, 1.165) is 19.3 Å². The van der Waals surface area contributed by atoms with Crippen molar-refractivity contribution in [2.24, 2.45) is 0 Å². The number of thiophene rings is 1. The molecular weight excluding hydrogens is 274 g/mol. The molecule has 0 radical (unpaired) electrons. The van der Waals surface area contributed by atoms with Gasteiger partial charge in [0.05, 0.1) is 17.1 Å². The van der Waals surface area contributed by atoms with Crippen molar-refractivity contribution in [2.75, 3.05) is 13.7 Å². The Kier molecular flexibility index (Phi) is 4.08. The number of rotatable bonds is 6. The van der Waals surface area contributed by atoms with Crippen molar-refractivity contribution in [1.82, 2.24) is 4.72 Å². The molecule has 7 heteroatoms. The van der Waals surface area contributed by atoms with Crippen LogP contribution < -0.4 is 4.72 Å². The summed E-state index contributed by atoms with van der Waals surface area (Å²) < 4.78 is 32.0. The van der Waals surface area contributed by atoms with Crippen molar-refractivity contribution in [3.63, 3.8) is 0 Å². The highest BCUT2D eigenvalue weighted by atomic mass is 32.2. The molecule has 2 N–H and O–H groups in total. The molecule has 5 nitrogen and oxygen atoms in total. The average Bonchev–Trinajstić information content (AvgIpc) is 2.77. The van der Waals surface area contributed by atoms with Gasteiger partial charge in [-0.25, -0.2) is 13.1 Å². The zero-order chi connectivity index (χ0) is 13.2. The number of nitrogens with one attached hydrogen (secondary N) is 1. The number of hydrogen-bond donors (Lipinski definition) is 2. The van der Waals surface area contributed by atoms with Crippen LogP contribution in [0.2, 0.25) is 0 Å². The fourth-order valence-corrected chi connectivity index (χ4v) is 4.17. The first-order valence-electron chi connectivity index (χ1n) is 5.74. The van der Waals surface area contributed by atoms with Crippen molar-refractivity contribution in [2.45, 2.75) is 36.4 Å². The summed E-state index contributed by atoms with van der Waals surface area (Å²) in [6, 6.07) is 1.49. The Hall–Kier alpha value is -0.470. The molecule has 1 aromatic rings. The summed E-state index contributed by atoms with van der Waals surface area (Å²) in [4.78, 5) is 0.850. The molecule has 102 valence electrons. The van der Waals surface area contributed by atoms with E-state index in [4.69, 9.17) is 9.84 Å². The SMILES string of the molecule is COC1(CNS(=O)(=O)c2csc(CO)c2)CCC1. The minimum Gasteiger partial charge on any atom is -0.391 e. The lowest BCUT2D eigenvalue weighted by molar-refractivity contribution is -0.0659. The largest absolute Gasteiger partial charge is 0.391 e. The number of methoxy groups -OCH3 is 1. The van der Waals surface area contributed by atoms with Gasteiger partial charge in [-0.2, -0.15) is 0 Å². The Labute approximate surface area is 111 Å². The molecule has 0 aromatic carbocycles. The molecule has 18 heavy (non-hydrogen) atoms. The highest BCUT2D eigenvalue weighted by Crippen LogP contribution is 2.34. The summed E-state index contributed by atoms with van der Waals surface area (Å²) in [7, 11) is -1.89. The zero-order valence-corrected chi connectivity index (χ0v) is 11.8. The van der Waals surface area contributed by atoms with Gasteiger partial charge in [0, 0.05) is 23.9 Å². The minimum absolute atomic E-state index is 0.137. The molecule has 0 bridgehead atoms. The Bertz CT molecular complexity index is 499.